The van der Waals surface area contributed by atoms with Crippen LogP contribution in [0.2, 0.25) is 0 Å². The SMILES string of the molecule is C[C@H](CS)CS(N)(=O)=O. The van der Waals surface area contributed by atoms with E-state index in [1.807, 2.05) is 0 Å². The minimum Gasteiger partial charge on any atom is -0.229 e. The van der Waals surface area contributed by atoms with Crippen molar-refractivity contribution in [2.75, 3.05) is 11.5 Å². The van der Waals surface area contributed by atoms with E-state index in [-0.39, 0.29) is 11.7 Å². The second-order valence-electron chi connectivity index (χ2n) is 2.12. The summed E-state index contributed by atoms with van der Waals surface area (Å²) in [6.07, 6.45) is 0. The van der Waals surface area contributed by atoms with Gasteiger partial charge in [-0.15, -0.1) is 0 Å². The zero-order valence-electron chi connectivity index (χ0n) is 5.24. The molecule has 0 saturated carbocycles. The molecule has 5 heteroatoms. The van der Waals surface area contributed by atoms with Crippen LogP contribution >= 0.6 is 12.6 Å². The maximum absolute atomic E-state index is 10.3. The molecule has 0 fully saturated rings. The molecule has 0 saturated heterocycles. The molecule has 3 nitrogen and oxygen atoms in total. The third-order valence-electron chi connectivity index (χ3n) is 0.828. The summed E-state index contributed by atoms with van der Waals surface area (Å²) in [5.74, 6) is 0.621. The molecule has 0 aromatic rings. The highest BCUT2D eigenvalue weighted by atomic mass is 32.2. The summed E-state index contributed by atoms with van der Waals surface area (Å²) in [5.41, 5.74) is 0. The second-order valence-corrected chi connectivity index (χ2v) is 4.14. The van der Waals surface area contributed by atoms with E-state index in [0.717, 1.165) is 0 Å². The molecular formula is C4H11NO2S2. The molecule has 0 aromatic heterocycles. The maximum Gasteiger partial charge on any atom is 0.209 e. The van der Waals surface area contributed by atoms with Crippen LogP contribution in [0.5, 0.6) is 0 Å². The Morgan fingerprint density at radius 2 is 2.11 bits per heavy atom. The summed E-state index contributed by atoms with van der Waals surface area (Å²) >= 11 is 3.91. The van der Waals surface area contributed by atoms with Crippen LogP contribution in [-0.2, 0) is 10.0 Å². The van der Waals surface area contributed by atoms with Gasteiger partial charge in [0.1, 0.15) is 0 Å². The number of sulfonamides is 1. The molecule has 2 N–H and O–H groups in total. The van der Waals surface area contributed by atoms with Gasteiger partial charge in [-0.25, -0.2) is 13.6 Å². The van der Waals surface area contributed by atoms with E-state index in [4.69, 9.17) is 5.14 Å². The molecule has 0 radical (unpaired) electrons. The van der Waals surface area contributed by atoms with Gasteiger partial charge in [0.05, 0.1) is 5.75 Å². The zero-order chi connectivity index (χ0) is 7.49. The highest BCUT2D eigenvalue weighted by Crippen LogP contribution is 1.98. The van der Waals surface area contributed by atoms with Gasteiger partial charge in [-0.3, -0.25) is 0 Å². The van der Waals surface area contributed by atoms with E-state index in [9.17, 15) is 8.42 Å². The average Bonchev–Trinajstić information content (AvgIpc) is 1.62. The van der Waals surface area contributed by atoms with Crippen LogP contribution in [0.1, 0.15) is 6.92 Å². The quantitative estimate of drug-likeness (QED) is 0.577. The lowest BCUT2D eigenvalue weighted by Crippen LogP contribution is -2.22. The number of primary sulfonamides is 1. The van der Waals surface area contributed by atoms with E-state index in [0.29, 0.717) is 5.75 Å². The lowest BCUT2D eigenvalue weighted by atomic mass is 10.3. The number of rotatable bonds is 3. The molecule has 0 aliphatic rings. The fourth-order valence-corrected chi connectivity index (χ4v) is 1.66. The van der Waals surface area contributed by atoms with Crippen LogP contribution in [0.4, 0.5) is 0 Å². The van der Waals surface area contributed by atoms with Gasteiger partial charge in [-0.05, 0) is 11.7 Å². The van der Waals surface area contributed by atoms with Crippen LogP contribution in [0.15, 0.2) is 0 Å². The van der Waals surface area contributed by atoms with Crippen molar-refractivity contribution in [1.82, 2.24) is 0 Å². The number of hydrogen-bond donors (Lipinski definition) is 2. The van der Waals surface area contributed by atoms with Crippen molar-refractivity contribution in [1.29, 1.82) is 0 Å². The summed E-state index contributed by atoms with van der Waals surface area (Å²) < 4.78 is 20.7. The van der Waals surface area contributed by atoms with E-state index in [1.54, 1.807) is 6.92 Å². The molecule has 0 heterocycles. The fourth-order valence-electron chi connectivity index (χ4n) is 0.449. The Morgan fingerprint density at radius 3 is 2.22 bits per heavy atom. The van der Waals surface area contributed by atoms with Crippen molar-refractivity contribution in [2.24, 2.45) is 11.1 Å². The second kappa shape index (κ2) is 3.43. The normalized spacial score (nSPS) is 15.4. The van der Waals surface area contributed by atoms with Gasteiger partial charge < -0.3 is 0 Å². The smallest absolute Gasteiger partial charge is 0.209 e. The minimum atomic E-state index is -3.28. The number of thiol groups is 1. The monoisotopic (exact) mass is 169 g/mol. The molecule has 0 aromatic carbocycles. The summed E-state index contributed by atoms with van der Waals surface area (Å²) in [5, 5.41) is 4.75. The fraction of sp³-hybridized carbons (Fsp3) is 1.00. The predicted molar refractivity (Wildman–Crippen MR) is 41.0 cm³/mol. The first-order valence-electron chi connectivity index (χ1n) is 2.57. The van der Waals surface area contributed by atoms with E-state index < -0.39 is 10.0 Å². The summed E-state index contributed by atoms with van der Waals surface area (Å²) in [6.45, 7) is 1.79. The number of nitrogens with two attached hydrogens (primary N) is 1. The van der Waals surface area contributed by atoms with Crippen molar-refractivity contribution in [2.45, 2.75) is 6.92 Å². The molecule has 0 spiro atoms. The van der Waals surface area contributed by atoms with E-state index in [2.05, 4.69) is 12.6 Å². The van der Waals surface area contributed by atoms with Gasteiger partial charge in [-0.2, -0.15) is 12.6 Å². The Morgan fingerprint density at radius 1 is 1.67 bits per heavy atom. The summed E-state index contributed by atoms with van der Waals surface area (Å²) in [4.78, 5) is 0. The van der Waals surface area contributed by atoms with Gasteiger partial charge in [0.2, 0.25) is 10.0 Å². The highest BCUT2D eigenvalue weighted by Gasteiger charge is 2.07. The molecule has 9 heavy (non-hydrogen) atoms. The standard InChI is InChI=1S/C4H11NO2S2/c1-4(2-8)3-9(5,6)7/h4,8H,2-3H2,1H3,(H2,5,6,7)/t4-/m1/s1. The Bertz CT molecular complexity index is 163. The van der Waals surface area contributed by atoms with Crippen molar-refractivity contribution < 1.29 is 8.42 Å². The lowest BCUT2D eigenvalue weighted by Gasteiger charge is -2.03. The van der Waals surface area contributed by atoms with Gasteiger partial charge in [0.25, 0.3) is 0 Å². The van der Waals surface area contributed by atoms with Crippen LogP contribution in [-0.4, -0.2) is 19.9 Å². The van der Waals surface area contributed by atoms with Crippen molar-refractivity contribution in [3.63, 3.8) is 0 Å². The molecule has 0 rings (SSSR count). The Hall–Kier alpha value is 0.260. The van der Waals surface area contributed by atoms with Gasteiger partial charge >= 0.3 is 0 Å². The molecule has 0 aliphatic carbocycles. The minimum absolute atomic E-state index is 0.0243. The molecule has 56 valence electrons. The summed E-state index contributed by atoms with van der Waals surface area (Å²) in [6, 6.07) is 0. The van der Waals surface area contributed by atoms with E-state index >= 15 is 0 Å². The van der Waals surface area contributed by atoms with Gasteiger partial charge in [0, 0.05) is 0 Å². The molecule has 1 atom stereocenters. The number of hydrogen-bond acceptors (Lipinski definition) is 3. The van der Waals surface area contributed by atoms with Crippen LogP contribution in [0.3, 0.4) is 0 Å². The van der Waals surface area contributed by atoms with Crippen molar-refractivity contribution >= 4 is 22.7 Å². The predicted octanol–water partition coefficient (Wildman–Crippen LogP) is -0.159. The maximum atomic E-state index is 10.3. The van der Waals surface area contributed by atoms with E-state index in [1.165, 1.54) is 0 Å². The van der Waals surface area contributed by atoms with Crippen LogP contribution in [0.25, 0.3) is 0 Å². The Kier molecular flexibility index (Phi) is 3.53. The third kappa shape index (κ3) is 6.14. The molecule has 0 aliphatic heterocycles. The Labute approximate surface area is 61.1 Å². The first-order valence-corrected chi connectivity index (χ1v) is 4.92. The highest BCUT2D eigenvalue weighted by molar-refractivity contribution is 7.89. The molecule has 0 bridgehead atoms. The molecule has 0 amide bonds. The summed E-state index contributed by atoms with van der Waals surface area (Å²) in [7, 11) is -3.28. The topological polar surface area (TPSA) is 60.2 Å². The van der Waals surface area contributed by atoms with Crippen LogP contribution < -0.4 is 5.14 Å². The average molecular weight is 169 g/mol. The zero-order valence-corrected chi connectivity index (χ0v) is 6.95. The first kappa shape index (κ1) is 9.26. The van der Waals surface area contributed by atoms with Gasteiger partial charge in [0.15, 0.2) is 0 Å². The van der Waals surface area contributed by atoms with Crippen LogP contribution in [0, 0.1) is 5.92 Å². The third-order valence-corrected chi connectivity index (χ3v) is 2.49. The largest absolute Gasteiger partial charge is 0.229 e. The van der Waals surface area contributed by atoms with Gasteiger partial charge in [-0.1, -0.05) is 6.92 Å². The first-order chi connectivity index (χ1) is 3.95. The van der Waals surface area contributed by atoms with Crippen molar-refractivity contribution in [3.8, 4) is 0 Å². The Balaban J connectivity index is 3.75. The van der Waals surface area contributed by atoms with Crippen molar-refractivity contribution in [3.05, 3.63) is 0 Å². The molecular weight excluding hydrogens is 158 g/mol. The lowest BCUT2D eigenvalue weighted by molar-refractivity contribution is 0.585. The molecule has 0 unspecified atom stereocenters.